The van der Waals surface area contributed by atoms with E-state index in [9.17, 15) is 0 Å². The number of aromatic amines is 2. The predicted octanol–water partition coefficient (Wildman–Crippen LogP) is 8.14. The minimum absolute atomic E-state index is 0.0970. The van der Waals surface area contributed by atoms with Gasteiger partial charge in [-0.2, -0.15) is 0 Å². The van der Waals surface area contributed by atoms with Gasteiger partial charge in [0, 0.05) is 38.5 Å². The van der Waals surface area contributed by atoms with Crippen molar-refractivity contribution in [3.05, 3.63) is 132 Å². The van der Waals surface area contributed by atoms with Crippen LogP contribution in [0.2, 0.25) is 0 Å². The van der Waals surface area contributed by atoms with Crippen LogP contribution in [0.4, 0.5) is 0 Å². The van der Waals surface area contributed by atoms with Crippen molar-refractivity contribution >= 4 is 43.6 Å². The molecule has 0 aliphatic rings. The van der Waals surface area contributed by atoms with E-state index in [0.717, 1.165) is 0 Å². The number of fused-ring (bicyclic) bond motifs is 6. The summed E-state index contributed by atoms with van der Waals surface area (Å²) in [7, 11) is 0. The molecule has 2 N–H and O–H groups in total. The average molecular weight is 423 g/mol. The Kier molecular flexibility index (Phi) is 3.94. The molecule has 0 aliphatic carbocycles. The lowest BCUT2D eigenvalue weighted by molar-refractivity contribution is 0.994. The van der Waals surface area contributed by atoms with Crippen LogP contribution < -0.4 is 0 Å². The first-order valence-electron chi connectivity index (χ1n) is 11.4. The molecular weight excluding hydrogens is 400 g/mol. The highest BCUT2D eigenvalue weighted by atomic mass is 14.7. The summed E-state index contributed by atoms with van der Waals surface area (Å²) in [5.74, 6) is 0.0970. The minimum Gasteiger partial charge on any atom is -0.354 e. The summed E-state index contributed by atoms with van der Waals surface area (Å²) in [5, 5.41) is 5.08. The fourth-order valence-corrected chi connectivity index (χ4v) is 5.44. The average Bonchev–Trinajstić information content (AvgIpc) is 3.44. The van der Waals surface area contributed by atoms with Crippen LogP contribution in [0, 0.1) is 0 Å². The van der Waals surface area contributed by atoms with Crippen LogP contribution in [0.15, 0.2) is 115 Å². The van der Waals surface area contributed by atoms with Gasteiger partial charge in [-0.3, -0.25) is 0 Å². The first kappa shape index (κ1) is 18.3. The van der Waals surface area contributed by atoms with E-state index in [0.29, 0.717) is 0 Å². The van der Waals surface area contributed by atoms with E-state index in [1.807, 2.05) is 0 Å². The van der Waals surface area contributed by atoms with Crippen LogP contribution in [0.3, 0.4) is 0 Å². The van der Waals surface area contributed by atoms with Gasteiger partial charge in [0.25, 0.3) is 0 Å². The number of hydrogen-bond acceptors (Lipinski definition) is 0. The summed E-state index contributed by atoms with van der Waals surface area (Å²) in [6.45, 7) is 0. The maximum atomic E-state index is 3.73. The summed E-state index contributed by atoms with van der Waals surface area (Å²) in [6.07, 6.45) is 0. The summed E-state index contributed by atoms with van der Waals surface area (Å²) >= 11 is 0. The van der Waals surface area contributed by atoms with Gasteiger partial charge in [-0.1, -0.05) is 103 Å². The molecule has 0 saturated carbocycles. The normalized spacial score (nSPS) is 11.9. The molecule has 33 heavy (non-hydrogen) atoms. The second kappa shape index (κ2) is 7.11. The van der Waals surface area contributed by atoms with Crippen LogP contribution in [0.25, 0.3) is 43.6 Å². The number of rotatable bonds is 3. The van der Waals surface area contributed by atoms with E-state index in [-0.39, 0.29) is 5.92 Å². The number of nitrogens with one attached hydrogen (secondary N) is 2. The van der Waals surface area contributed by atoms with E-state index in [1.165, 1.54) is 60.3 Å². The van der Waals surface area contributed by atoms with Crippen LogP contribution in [0.5, 0.6) is 0 Å². The molecule has 7 aromatic rings. The largest absolute Gasteiger partial charge is 0.354 e. The van der Waals surface area contributed by atoms with Gasteiger partial charge >= 0.3 is 0 Å². The van der Waals surface area contributed by atoms with Gasteiger partial charge in [-0.05, 0) is 28.8 Å². The lowest BCUT2D eigenvalue weighted by Crippen LogP contribution is -2.05. The van der Waals surface area contributed by atoms with Crippen LogP contribution in [0.1, 0.15) is 22.6 Å². The third-order valence-electron chi connectivity index (χ3n) is 6.90. The fourth-order valence-electron chi connectivity index (χ4n) is 5.44. The number of hydrogen-bond donors (Lipinski definition) is 2. The van der Waals surface area contributed by atoms with Crippen molar-refractivity contribution in [2.75, 3.05) is 0 Å². The Balaban J connectivity index is 1.58. The maximum Gasteiger partial charge on any atom is 0.0507 e. The van der Waals surface area contributed by atoms with Gasteiger partial charge in [-0.15, -0.1) is 0 Å². The van der Waals surface area contributed by atoms with Gasteiger partial charge < -0.3 is 9.97 Å². The molecule has 0 unspecified atom stereocenters. The molecular formula is C31H22N2. The van der Waals surface area contributed by atoms with Gasteiger partial charge in [0.15, 0.2) is 0 Å². The highest BCUT2D eigenvalue weighted by Crippen LogP contribution is 2.41. The van der Waals surface area contributed by atoms with Crippen molar-refractivity contribution in [1.82, 2.24) is 9.97 Å². The molecule has 0 fully saturated rings. The van der Waals surface area contributed by atoms with E-state index in [1.54, 1.807) is 0 Å². The van der Waals surface area contributed by atoms with Crippen LogP contribution in [-0.4, -0.2) is 9.97 Å². The zero-order valence-corrected chi connectivity index (χ0v) is 18.0. The molecule has 2 heteroatoms. The fraction of sp³-hybridized carbons (Fsp3) is 0.0323. The monoisotopic (exact) mass is 422 g/mol. The van der Waals surface area contributed by atoms with Crippen LogP contribution in [-0.2, 0) is 0 Å². The molecule has 156 valence electrons. The molecule has 7 rings (SSSR count). The highest BCUT2D eigenvalue weighted by molar-refractivity contribution is 6.10. The quantitative estimate of drug-likeness (QED) is 0.269. The topological polar surface area (TPSA) is 31.6 Å². The van der Waals surface area contributed by atoms with Crippen molar-refractivity contribution in [3.63, 3.8) is 0 Å². The van der Waals surface area contributed by atoms with E-state index < -0.39 is 0 Å². The zero-order chi connectivity index (χ0) is 21.8. The smallest absolute Gasteiger partial charge is 0.0507 e. The molecule has 5 aromatic carbocycles. The SMILES string of the molecule is c1ccc(C(c2cccc3c2[nH]c2ccccc23)c2cccc3c2[nH]c2ccccc23)cc1. The first-order valence-corrected chi connectivity index (χ1v) is 11.4. The van der Waals surface area contributed by atoms with E-state index in [4.69, 9.17) is 0 Å². The van der Waals surface area contributed by atoms with E-state index in [2.05, 4.69) is 125 Å². The second-order valence-corrected chi connectivity index (χ2v) is 8.72. The number of para-hydroxylation sites is 4. The Hall–Kier alpha value is -4.30. The summed E-state index contributed by atoms with van der Waals surface area (Å²) in [6, 6.07) is 41.4. The summed E-state index contributed by atoms with van der Waals surface area (Å²) in [5.41, 5.74) is 8.64. The molecule has 0 saturated heterocycles. The molecule has 2 heterocycles. The third-order valence-corrected chi connectivity index (χ3v) is 6.90. The Morgan fingerprint density at radius 1 is 0.394 bits per heavy atom. The maximum absolute atomic E-state index is 3.73. The summed E-state index contributed by atoms with van der Waals surface area (Å²) < 4.78 is 0. The molecule has 0 radical (unpaired) electrons. The molecule has 0 amide bonds. The Bertz CT molecular complexity index is 1660. The molecule has 2 nitrogen and oxygen atoms in total. The van der Waals surface area contributed by atoms with E-state index >= 15 is 0 Å². The number of H-pyrrole nitrogens is 2. The second-order valence-electron chi connectivity index (χ2n) is 8.72. The lowest BCUT2D eigenvalue weighted by Gasteiger charge is -2.20. The highest BCUT2D eigenvalue weighted by Gasteiger charge is 2.23. The summed E-state index contributed by atoms with van der Waals surface area (Å²) in [4.78, 5) is 7.46. The molecule has 0 spiro atoms. The standard InChI is InChI=1S/C31H22N2/c1-2-10-20(11-3-1)29(25-16-8-14-23-21-12-4-6-18-27(21)32-30(23)25)26-17-9-15-24-22-13-5-7-19-28(22)33-31(24)26/h1-19,29,32-33H. The Morgan fingerprint density at radius 2 is 0.848 bits per heavy atom. The van der Waals surface area contributed by atoms with Gasteiger partial charge in [-0.25, -0.2) is 0 Å². The predicted molar refractivity (Wildman–Crippen MR) is 139 cm³/mol. The van der Waals surface area contributed by atoms with Crippen LogP contribution >= 0.6 is 0 Å². The molecule has 0 atom stereocenters. The van der Waals surface area contributed by atoms with Gasteiger partial charge in [0.05, 0.1) is 11.0 Å². The van der Waals surface area contributed by atoms with Gasteiger partial charge in [0.1, 0.15) is 0 Å². The van der Waals surface area contributed by atoms with Crippen molar-refractivity contribution in [2.45, 2.75) is 5.92 Å². The van der Waals surface area contributed by atoms with Gasteiger partial charge in [0.2, 0.25) is 0 Å². The minimum atomic E-state index is 0.0970. The Morgan fingerprint density at radius 3 is 1.39 bits per heavy atom. The third kappa shape index (κ3) is 2.74. The molecule has 0 aliphatic heterocycles. The first-order chi connectivity index (χ1) is 16.4. The van der Waals surface area contributed by atoms with Crippen molar-refractivity contribution < 1.29 is 0 Å². The zero-order valence-electron chi connectivity index (χ0n) is 18.0. The molecule has 0 bridgehead atoms. The lowest BCUT2D eigenvalue weighted by atomic mass is 9.83. The van der Waals surface area contributed by atoms with Crippen molar-refractivity contribution in [1.29, 1.82) is 0 Å². The van der Waals surface area contributed by atoms with Crippen molar-refractivity contribution in [2.24, 2.45) is 0 Å². The Labute approximate surface area is 191 Å². The molecule has 2 aromatic heterocycles. The number of aromatic nitrogens is 2. The van der Waals surface area contributed by atoms with Crippen molar-refractivity contribution in [3.8, 4) is 0 Å². The number of benzene rings is 5.